The number of hydrogen-bond donors (Lipinski definition) is 2. The second kappa shape index (κ2) is 8.56. The molecule has 0 unspecified atom stereocenters. The summed E-state index contributed by atoms with van der Waals surface area (Å²) in [5.41, 5.74) is 2.62. The first-order chi connectivity index (χ1) is 13.7. The predicted molar refractivity (Wildman–Crippen MR) is 110 cm³/mol. The molecule has 1 saturated heterocycles. The fourth-order valence-corrected chi connectivity index (χ4v) is 3.76. The van der Waals surface area contributed by atoms with Crippen LogP contribution >= 0.6 is 0 Å². The number of hydrogen-bond acceptors (Lipinski definition) is 6. The number of nitrogens with one attached hydrogen (secondary N) is 2. The van der Waals surface area contributed by atoms with Crippen LogP contribution in [-0.4, -0.2) is 42.2 Å². The molecule has 2 fully saturated rings. The van der Waals surface area contributed by atoms with Crippen LogP contribution in [0.25, 0.3) is 0 Å². The van der Waals surface area contributed by atoms with Gasteiger partial charge in [0.05, 0.1) is 13.2 Å². The van der Waals surface area contributed by atoms with Crippen LogP contribution in [0.5, 0.6) is 0 Å². The largest absolute Gasteiger partial charge is 0.378 e. The summed E-state index contributed by atoms with van der Waals surface area (Å²) in [6.07, 6.45) is 4.32. The minimum atomic E-state index is 0.135. The van der Waals surface area contributed by atoms with E-state index in [0.29, 0.717) is 5.95 Å². The van der Waals surface area contributed by atoms with Crippen molar-refractivity contribution in [3.8, 4) is 0 Å². The molecule has 2 aliphatic rings. The highest BCUT2D eigenvalue weighted by molar-refractivity contribution is 5.92. The van der Waals surface area contributed by atoms with Crippen molar-refractivity contribution in [2.75, 3.05) is 41.8 Å². The average molecular weight is 381 g/mol. The summed E-state index contributed by atoms with van der Waals surface area (Å²) in [6.45, 7) is 5.09. The third-order valence-corrected chi connectivity index (χ3v) is 5.31. The lowest BCUT2D eigenvalue weighted by atomic mass is 10.1. The van der Waals surface area contributed by atoms with E-state index < -0.39 is 0 Å². The Morgan fingerprint density at radius 2 is 1.75 bits per heavy atom. The van der Waals surface area contributed by atoms with Crippen molar-refractivity contribution in [3.05, 3.63) is 36.0 Å². The van der Waals surface area contributed by atoms with Crippen molar-refractivity contribution >= 4 is 29.0 Å². The molecule has 7 heteroatoms. The van der Waals surface area contributed by atoms with E-state index in [-0.39, 0.29) is 11.8 Å². The zero-order valence-electron chi connectivity index (χ0n) is 16.3. The van der Waals surface area contributed by atoms with E-state index in [2.05, 4.69) is 25.5 Å². The van der Waals surface area contributed by atoms with Crippen LogP contribution in [0.2, 0.25) is 0 Å². The molecule has 0 radical (unpaired) electrons. The lowest BCUT2D eigenvalue weighted by Crippen LogP contribution is -2.36. The molecular formula is C21H27N5O2. The maximum atomic E-state index is 12.3. The number of carbonyl (C=O) groups is 1. The van der Waals surface area contributed by atoms with Gasteiger partial charge in [0.15, 0.2) is 0 Å². The molecule has 2 heterocycles. The van der Waals surface area contributed by atoms with Gasteiger partial charge in [-0.15, -0.1) is 0 Å². The zero-order valence-corrected chi connectivity index (χ0v) is 16.3. The van der Waals surface area contributed by atoms with Crippen molar-refractivity contribution in [1.82, 2.24) is 9.97 Å². The second-order valence-corrected chi connectivity index (χ2v) is 7.46. The van der Waals surface area contributed by atoms with Gasteiger partial charge in [0.1, 0.15) is 5.82 Å². The first-order valence-corrected chi connectivity index (χ1v) is 10.0. The number of amides is 1. The van der Waals surface area contributed by atoms with Gasteiger partial charge in [-0.3, -0.25) is 4.79 Å². The predicted octanol–water partition coefficient (Wildman–Crippen LogP) is 3.49. The first-order valence-electron chi connectivity index (χ1n) is 10.0. The molecule has 1 aromatic carbocycles. The van der Waals surface area contributed by atoms with Crippen LogP contribution in [-0.2, 0) is 9.53 Å². The smallest absolute Gasteiger partial charge is 0.229 e. The second-order valence-electron chi connectivity index (χ2n) is 7.46. The molecule has 7 nitrogen and oxygen atoms in total. The number of carbonyl (C=O) groups excluding carboxylic acids is 1. The first kappa shape index (κ1) is 18.7. The third-order valence-electron chi connectivity index (χ3n) is 5.31. The topological polar surface area (TPSA) is 79.4 Å². The van der Waals surface area contributed by atoms with Gasteiger partial charge < -0.3 is 20.3 Å². The Balaban J connectivity index is 1.41. The van der Waals surface area contributed by atoms with Crippen LogP contribution in [0.3, 0.4) is 0 Å². The molecule has 0 atom stereocenters. The SMILES string of the molecule is Cc1cc(N2CCOCC2)nc(Nc2ccc(NC(=O)C3CCCC3)cc2)n1. The molecule has 1 aliphatic heterocycles. The van der Waals surface area contributed by atoms with Gasteiger partial charge in [-0.2, -0.15) is 4.98 Å². The number of ether oxygens (including phenoxy) is 1. The van der Waals surface area contributed by atoms with Crippen molar-refractivity contribution in [2.24, 2.45) is 5.92 Å². The zero-order chi connectivity index (χ0) is 19.3. The van der Waals surface area contributed by atoms with Crippen LogP contribution in [0.15, 0.2) is 30.3 Å². The third kappa shape index (κ3) is 4.59. The van der Waals surface area contributed by atoms with Gasteiger partial charge in [0.2, 0.25) is 11.9 Å². The molecule has 148 valence electrons. The van der Waals surface area contributed by atoms with Gasteiger partial charge in [-0.05, 0) is 44.0 Å². The summed E-state index contributed by atoms with van der Waals surface area (Å²) in [5.74, 6) is 1.79. The fourth-order valence-electron chi connectivity index (χ4n) is 3.76. The fraction of sp³-hybridized carbons (Fsp3) is 0.476. The van der Waals surface area contributed by atoms with E-state index in [1.54, 1.807) is 0 Å². The number of aryl methyl sites for hydroxylation is 1. The molecule has 0 bridgehead atoms. The van der Waals surface area contributed by atoms with Crippen molar-refractivity contribution < 1.29 is 9.53 Å². The standard InChI is InChI=1S/C21H27N5O2/c1-15-14-19(26-10-12-28-13-11-26)25-21(22-15)24-18-8-6-17(7-9-18)23-20(27)16-4-2-3-5-16/h6-9,14,16H,2-5,10-13H2,1H3,(H,23,27)(H,22,24,25). The lowest BCUT2D eigenvalue weighted by Gasteiger charge is -2.28. The molecule has 2 N–H and O–H groups in total. The van der Waals surface area contributed by atoms with Crippen LogP contribution in [0.1, 0.15) is 31.4 Å². The Morgan fingerprint density at radius 1 is 1.07 bits per heavy atom. The highest BCUT2D eigenvalue weighted by Crippen LogP contribution is 2.26. The summed E-state index contributed by atoms with van der Waals surface area (Å²) in [4.78, 5) is 23.6. The van der Waals surface area contributed by atoms with Crippen molar-refractivity contribution in [1.29, 1.82) is 0 Å². The van der Waals surface area contributed by atoms with E-state index in [0.717, 1.165) is 74.9 Å². The number of anilines is 4. The summed E-state index contributed by atoms with van der Waals surface area (Å²) >= 11 is 0. The quantitative estimate of drug-likeness (QED) is 0.825. The van der Waals surface area contributed by atoms with E-state index in [1.165, 1.54) is 0 Å². The molecule has 1 aliphatic carbocycles. The highest BCUT2D eigenvalue weighted by Gasteiger charge is 2.22. The Kier molecular flexibility index (Phi) is 5.71. The van der Waals surface area contributed by atoms with Crippen LogP contribution in [0.4, 0.5) is 23.1 Å². The number of aromatic nitrogens is 2. The molecule has 1 aromatic heterocycles. The van der Waals surface area contributed by atoms with Crippen LogP contribution in [0, 0.1) is 12.8 Å². The molecule has 4 rings (SSSR count). The van der Waals surface area contributed by atoms with E-state index in [1.807, 2.05) is 37.3 Å². The number of rotatable bonds is 5. The van der Waals surface area contributed by atoms with E-state index in [4.69, 9.17) is 4.74 Å². The summed E-state index contributed by atoms with van der Waals surface area (Å²) < 4.78 is 5.42. The van der Waals surface area contributed by atoms with Gasteiger partial charge >= 0.3 is 0 Å². The Bertz CT molecular complexity index is 812. The van der Waals surface area contributed by atoms with E-state index in [9.17, 15) is 4.79 Å². The Morgan fingerprint density at radius 3 is 2.46 bits per heavy atom. The molecule has 1 amide bonds. The molecule has 28 heavy (non-hydrogen) atoms. The monoisotopic (exact) mass is 381 g/mol. The molecule has 1 saturated carbocycles. The summed E-state index contributed by atoms with van der Waals surface area (Å²) in [5, 5.41) is 6.29. The average Bonchev–Trinajstić information content (AvgIpc) is 3.25. The Labute approximate surface area is 165 Å². The van der Waals surface area contributed by atoms with Gasteiger partial charge in [-0.1, -0.05) is 12.8 Å². The molecular weight excluding hydrogens is 354 g/mol. The van der Waals surface area contributed by atoms with Crippen molar-refractivity contribution in [2.45, 2.75) is 32.6 Å². The normalized spacial score (nSPS) is 17.5. The van der Waals surface area contributed by atoms with Crippen molar-refractivity contribution in [3.63, 3.8) is 0 Å². The van der Waals surface area contributed by atoms with Crippen LogP contribution < -0.4 is 15.5 Å². The van der Waals surface area contributed by atoms with E-state index >= 15 is 0 Å². The molecule has 2 aromatic rings. The summed E-state index contributed by atoms with van der Waals surface area (Å²) in [7, 11) is 0. The molecule has 0 spiro atoms. The van der Waals surface area contributed by atoms with Gasteiger partial charge in [-0.25, -0.2) is 4.98 Å². The minimum Gasteiger partial charge on any atom is -0.378 e. The summed E-state index contributed by atoms with van der Waals surface area (Å²) in [6, 6.07) is 9.69. The Hall–Kier alpha value is -2.67. The maximum absolute atomic E-state index is 12.3. The highest BCUT2D eigenvalue weighted by atomic mass is 16.5. The number of morpholine rings is 1. The maximum Gasteiger partial charge on any atom is 0.229 e. The number of benzene rings is 1. The van der Waals surface area contributed by atoms with Gasteiger partial charge in [0.25, 0.3) is 0 Å². The minimum absolute atomic E-state index is 0.135. The number of nitrogens with zero attached hydrogens (tertiary/aromatic N) is 3. The van der Waals surface area contributed by atoms with Gasteiger partial charge in [0, 0.05) is 42.1 Å². The lowest BCUT2D eigenvalue weighted by molar-refractivity contribution is -0.119.